The van der Waals surface area contributed by atoms with Gasteiger partial charge in [-0.15, -0.1) is 82.8 Å². The van der Waals surface area contributed by atoms with Crippen LogP contribution in [0.3, 0.4) is 0 Å². The Balaban J connectivity index is 0.000000212. The molecule has 0 N–H and O–H groups in total. The van der Waals surface area contributed by atoms with Crippen molar-refractivity contribution in [2.75, 3.05) is 0 Å². The van der Waals surface area contributed by atoms with Crippen molar-refractivity contribution in [2.45, 2.75) is 54.6 Å². The number of halogens is 4. The number of aryl methyl sites for hydroxylation is 4. The number of benzene rings is 4. The molecule has 0 aliphatic carbocycles. The monoisotopic (exact) mass is 886 g/mol. The first-order valence-corrected chi connectivity index (χ1v) is 24.3. The van der Waals surface area contributed by atoms with Crippen molar-refractivity contribution >= 4 is 75.0 Å². The smallest absolute Gasteiger partial charge is 0.0896 e. The van der Waals surface area contributed by atoms with Crippen LogP contribution >= 0.6 is 48.0 Å². The molecule has 2 aromatic heterocycles. The van der Waals surface area contributed by atoms with E-state index in [-0.39, 0.29) is 30.2 Å². The van der Waals surface area contributed by atoms with Crippen LogP contribution in [-0.2, 0) is 23.3 Å². The van der Waals surface area contributed by atoms with Gasteiger partial charge in [-0.1, -0.05) is 80.8 Å². The van der Waals surface area contributed by atoms with Gasteiger partial charge in [0, 0.05) is 10.0 Å². The molecule has 8 aromatic rings. The van der Waals surface area contributed by atoms with Crippen molar-refractivity contribution in [2.24, 2.45) is 0 Å². The minimum absolute atomic E-state index is 0. The average molecular weight is 890 g/mol. The van der Waals surface area contributed by atoms with Crippen molar-refractivity contribution in [3.63, 3.8) is 0 Å². The summed E-state index contributed by atoms with van der Waals surface area (Å²) >= 11 is 13.9. The maximum atomic E-state index is 6.06. The molecular formula is C46H44Cl4O2SiZr. The second kappa shape index (κ2) is 18.7. The van der Waals surface area contributed by atoms with Crippen LogP contribution in [0.1, 0.15) is 33.8 Å². The first-order valence-electron chi connectivity index (χ1n) is 17.4. The Labute approximate surface area is 356 Å². The molecule has 8 heteroatoms. The first kappa shape index (κ1) is 43.6. The van der Waals surface area contributed by atoms with Crippen LogP contribution < -0.4 is 0 Å². The van der Waals surface area contributed by atoms with Crippen molar-refractivity contribution < 1.29 is 32.2 Å². The van der Waals surface area contributed by atoms with E-state index in [1.807, 2.05) is 62.4 Å². The number of hydrogen-bond acceptors (Lipinski definition) is 2. The summed E-state index contributed by atoms with van der Waals surface area (Å²) in [7, 11) is 0. The van der Waals surface area contributed by atoms with Gasteiger partial charge in [-0.05, 0) is 112 Å². The molecule has 0 aliphatic rings. The molecule has 8 rings (SSSR count). The summed E-state index contributed by atoms with van der Waals surface area (Å²) in [5, 5.41) is 6.51. The van der Waals surface area contributed by atoms with Gasteiger partial charge in [0.05, 0.1) is 23.0 Å². The maximum absolute atomic E-state index is 6.06. The van der Waals surface area contributed by atoms with Crippen molar-refractivity contribution in [3.05, 3.63) is 153 Å². The van der Waals surface area contributed by atoms with E-state index in [2.05, 4.69) is 101 Å². The number of fused-ring (bicyclic) bond motifs is 2. The summed E-state index contributed by atoms with van der Waals surface area (Å²) in [5.41, 5.74) is 12.6. The van der Waals surface area contributed by atoms with E-state index >= 15 is 0 Å². The second-order valence-corrected chi connectivity index (χ2v) is 24.0. The fourth-order valence-corrected chi connectivity index (χ4v) is 6.90. The summed E-state index contributed by atoms with van der Waals surface area (Å²) in [6.45, 7) is 17.3. The molecule has 2 heterocycles. The van der Waals surface area contributed by atoms with E-state index in [1.165, 1.54) is 66.1 Å². The fraction of sp³-hybridized carbons (Fsp3) is 0.174. The Hall–Kier alpha value is -3.08. The van der Waals surface area contributed by atoms with Crippen LogP contribution in [-0.4, -0.2) is 5.43 Å². The van der Waals surface area contributed by atoms with Gasteiger partial charge in [-0.25, -0.2) is 0 Å². The Morgan fingerprint density at radius 1 is 0.519 bits per heavy atom. The molecule has 0 amide bonds. The van der Waals surface area contributed by atoms with Crippen LogP contribution in [0.2, 0.25) is 23.1 Å². The first-order chi connectivity index (χ1) is 24.8. The van der Waals surface area contributed by atoms with Crippen molar-refractivity contribution in [1.29, 1.82) is 0 Å². The topological polar surface area (TPSA) is 26.3 Å². The fourth-order valence-electron chi connectivity index (χ4n) is 6.65. The molecule has 0 atom stereocenters. The Bertz CT molecular complexity index is 2360. The second-order valence-electron chi connectivity index (χ2n) is 13.7. The van der Waals surface area contributed by atoms with Crippen LogP contribution in [0.5, 0.6) is 0 Å². The Kier molecular flexibility index (Phi) is 15.1. The van der Waals surface area contributed by atoms with Crippen LogP contribution in [0.15, 0.2) is 118 Å². The third-order valence-corrected chi connectivity index (χ3v) is 9.88. The van der Waals surface area contributed by atoms with Gasteiger partial charge in [-0.2, -0.15) is 0 Å². The van der Waals surface area contributed by atoms with Gasteiger partial charge in [0.2, 0.25) is 0 Å². The molecule has 0 bridgehead atoms. The molecule has 0 radical (unpaired) electrons. The van der Waals surface area contributed by atoms with E-state index in [0.29, 0.717) is 0 Å². The SMILES string of the molecule is C[Si](C)=[Zr+2].Cc1ccc(-c2cc3c(-c4ccc(Cl)cc4)c(C)c(C)cc3[cH-]2)o1.Cc1ccc(-c2cc3c(-c4ccc(Cl)cc4)c(C)c(C)cc3[cH-]2)o1.Cl.Cl. The summed E-state index contributed by atoms with van der Waals surface area (Å²) < 4.78 is 11.6. The maximum Gasteiger partial charge on any atom is 0.0896 e. The summed E-state index contributed by atoms with van der Waals surface area (Å²) in [6.07, 6.45) is 0. The van der Waals surface area contributed by atoms with Gasteiger partial charge < -0.3 is 8.83 Å². The standard InChI is InChI=1S/2C22H18ClO.C2H6Si.2ClH.Zr/c2*1-13-10-17-11-18(21-9-4-14(2)24-21)12-20(17)22(15(13)3)16-5-7-19(23)8-6-16;1-3-2;;;/h2*4-12H,1-3H3;1-2H3;2*1H;/q2*-1;;;;+2. The Morgan fingerprint density at radius 2 is 0.852 bits per heavy atom. The number of hydrogen-bond donors (Lipinski definition) is 0. The quantitative estimate of drug-likeness (QED) is 0.130. The Morgan fingerprint density at radius 3 is 1.15 bits per heavy atom. The summed E-state index contributed by atoms with van der Waals surface area (Å²) in [6, 6.07) is 37.6. The molecule has 54 heavy (non-hydrogen) atoms. The van der Waals surface area contributed by atoms with E-state index in [0.717, 1.165) is 44.2 Å². The summed E-state index contributed by atoms with van der Waals surface area (Å²) in [4.78, 5) is 0. The zero-order chi connectivity index (χ0) is 37.3. The van der Waals surface area contributed by atoms with Crippen LogP contribution in [0.25, 0.3) is 66.4 Å². The van der Waals surface area contributed by atoms with Crippen LogP contribution in [0.4, 0.5) is 0 Å². The number of rotatable bonds is 4. The minimum Gasteiger partial charge on any atom is -0.496 e. The molecule has 0 spiro atoms. The molecule has 0 saturated heterocycles. The van der Waals surface area contributed by atoms with Gasteiger partial charge >= 0.3 is 41.9 Å². The number of furan rings is 2. The van der Waals surface area contributed by atoms with Gasteiger partial charge in [0.15, 0.2) is 0 Å². The molecule has 2 nitrogen and oxygen atoms in total. The largest absolute Gasteiger partial charge is 0.496 e. The molecule has 0 aliphatic heterocycles. The van der Waals surface area contributed by atoms with E-state index in [1.54, 1.807) is 23.3 Å². The third kappa shape index (κ3) is 9.83. The summed E-state index contributed by atoms with van der Waals surface area (Å²) in [5.74, 6) is 3.70. The van der Waals surface area contributed by atoms with Crippen molar-refractivity contribution in [1.82, 2.24) is 0 Å². The average Bonchev–Trinajstić information content (AvgIpc) is 3.91. The zero-order valence-electron chi connectivity index (χ0n) is 31.8. The van der Waals surface area contributed by atoms with Crippen molar-refractivity contribution in [3.8, 4) is 44.9 Å². The van der Waals surface area contributed by atoms with Gasteiger partial charge in [0.25, 0.3) is 0 Å². The predicted octanol–water partition coefficient (Wildman–Crippen LogP) is 15.8. The van der Waals surface area contributed by atoms with Gasteiger partial charge in [-0.3, -0.25) is 0 Å². The molecule has 6 aromatic carbocycles. The minimum atomic E-state index is 0. The molecule has 0 saturated carbocycles. The zero-order valence-corrected chi connectivity index (χ0v) is 38.4. The van der Waals surface area contributed by atoms with E-state index < -0.39 is 0 Å². The van der Waals surface area contributed by atoms with E-state index in [4.69, 9.17) is 32.0 Å². The molecular weight excluding hydrogens is 846 g/mol. The molecule has 0 unspecified atom stereocenters. The predicted molar refractivity (Wildman–Crippen MR) is 236 cm³/mol. The normalized spacial score (nSPS) is 10.6. The molecule has 276 valence electrons. The molecule has 0 fully saturated rings. The van der Waals surface area contributed by atoms with Gasteiger partial charge in [0.1, 0.15) is 0 Å². The van der Waals surface area contributed by atoms with E-state index in [9.17, 15) is 0 Å². The van der Waals surface area contributed by atoms with Crippen LogP contribution in [0, 0.1) is 41.5 Å². The third-order valence-electron chi connectivity index (χ3n) is 9.37.